The summed E-state index contributed by atoms with van der Waals surface area (Å²) in [6, 6.07) is 8.45. The lowest BCUT2D eigenvalue weighted by Gasteiger charge is -2.35. The maximum absolute atomic E-state index is 12.9. The highest BCUT2D eigenvalue weighted by atomic mass is 19.4. The highest BCUT2D eigenvalue weighted by Crippen LogP contribution is 2.31. The molecule has 1 fully saturated rings. The van der Waals surface area contributed by atoms with Gasteiger partial charge in [-0.2, -0.15) is 13.2 Å². The van der Waals surface area contributed by atoms with Gasteiger partial charge >= 0.3 is 6.18 Å². The van der Waals surface area contributed by atoms with Crippen molar-refractivity contribution in [1.82, 2.24) is 9.80 Å². The Morgan fingerprint density at radius 2 is 1.55 bits per heavy atom. The van der Waals surface area contributed by atoms with E-state index >= 15 is 0 Å². The topological polar surface area (TPSA) is 53.8 Å². The zero-order valence-electron chi connectivity index (χ0n) is 18.0. The molecule has 0 unspecified atom stereocenters. The van der Waals surface area contributed by atoms with Crippen LogP contribution in [-0.2, 0) is 30.2 Å². The molecule has 1 aliphatic heterocycles. The van der Waals surface area contributed by atoms with Crippen LogP contribution in [0.4, 0.5) is 13.2 Å². The van der Waals surface area contributed by atoms with E-state index in [0.29, 0.717) is 26.2 Å². The van der Waals surface area contributed by atoms with Crippen molar-refractivity contribution >= 4 is 22.8 Å². The van der Waals surface area contributed by atoms with Crippen LogP contribution in [0.1, 0.15) is 39.0 Å². The van der Waals surface area contributed by atoms with Gasteiger partial charge in [-0.25, -0.2) is 0 Å². The van der Waals surface area contributed by atoms with Gasteiger partial charge in [-0.15, -0.1) is 0 Å². The van der Waals surface area contributed by atoms with Crippen molar-refractivity contribution in [3.8, 4) is 0 Å². The van der Waals surface area contributed by atoms with Crippen LogP contribution in [0.25, 0.3) is 11.0 Å². The molecular weight excluding hydrogens is 433 g/mol. The number of carbonyl (C=O) groups is 2. The molecular formula is C25H23F3N2O3. The monoisotopic (exact) mass is 456 g/mol. The van der Waals surface area contributed by atoms with E-state index in [-0.39, 0.29) is 23.8 Å². The van der Waals surface area contributed by atoms with Gasteiger partial charge in [0, 0.05) is 42.7 Å². The number of fused-ring (bicyclic) bond motifs is 2. The highest BCUT2D eigenvalue weighted by Gasteiger charge is 2.31. The molecule has 0 radical (unpaired) electrons. The Morgan fingerprint density at radius 1 is 0.909 bits per heavy atom. The minimum absolute atomic E-state index is 0.0279. The lowest BCUT2D eigenvalue weighted by molar-refractivity contribution is -0.137. The lowest BCUT2D eigenvalue weighted by Crippen LogP contribution is -2.51. The number of carbonyl (C=O) groups excluding carboxylic acids is 2. The Kier molecular flexibility index (Phi) is 5.38. The number of rotatable bonds is 3. The minimum atomic E-state index is -4.44. The normalized spacial score (nSPS) is 16.3. The maximum atomic E-state index is 12.9. The number of amides is 2. The average molecular weight is 456 g/mol. The summed E-state index contributed by atoms with van der Waals surface area (Å²) >= 11 is 0. The fourth-order valence-electron chi connectivity index (χ4n) is 4.70. The fourth-order valence-corrected chi connectivity index (χ4v) is 4.70. The molecule has 8 heteroatoms. The van der Waals surface area contributed by atoms with Crippen LogP contribution >= 0.6 is 0 Å². The first-order chi connectivity index (χ1) is 15.8. The van der Waals surface area contributed by atoms with Gasteiger partial charge in [0.05, 0.1) is 18.2 Å². The summed E-state index contributed by atoms with van der Waals surface area (Å²) < 4.78 is 43.9. The Labute approximate surface area is 188 Å². The van der Waals surface area contributed by atoms with Crippen molar-refractivity contribution in [1.29, 1.82) is 0 Å². The van der Waals surface area contributed by atoms with E-state index in [9.17, 15) is 22.8 Å². The number of halogens is 3. The van der Waals surface area contributed by atoms with E-state index < -0.39 is 11.7 Å². The van der Waals surface area contributed by atoms with E-state index in [1.54, 1.807) is 16.1 Å². The van der Waals surface area contributed by atoms with E-state index in [1.165, 1.54) is 23.3 Å². The van der Waals surface area contributed by atoms with Crippen molar-refractivity contribution in [2.45, 2.75) is 31.9 Å². The van der Waals surface area contributed by atoms with Gasteiger partial charge in [0.15, 0.2) is 0 Å². The van der Waals surface area contributed by atoms with Gasteiger partial charge in [-0.3, -0.25) is 9.59 Å². The molecule has 2 amide bonds. The van der Waals surface area contributed by atoms with Crippen LogP contribution in [0.15, 0.2) is 47.1 Å². The smallest absolute Gasteiger partial charge is 0.416 e. The van der Waals surface area contributed by atoms with E-state index in [1.807, 2.05) is 0 Å². The van der Waals surface area contributed by atoms with Crippen LogP contribution < -0.4 is 0 Å². The van der Waals surface area contributed by atoms with Crippen molar-refractivity contribution in [3.63, 3.8) is 0 Å². The number of hydrogen-bond acceptors (Lipinski definition) is 3. The van der Waals surface area contributed by atoms with Crippen molar-refractivity contribution in [2.24, 2.45) is 0 Å². The summed E-state index contributed by atoms with van der Waals surface area (Å²) in [7, 11) is 0. The molecule has 2 heterocycles. The van der Waals surface area contributed by atoms with E-state index in [4.69, 9.17) is 4.42 Å². The number of nitrogens with zero attached hydrogens (tertiary/aromatic N) is 2. The number of alkyl halides is 3. The minimum Gasteiger partial charge on any atom is -0.464 e. The Hall–Kier alpha value is -3.29. The second-order valence-corrected chi connectivity index (χ2v) is 8.66. The van der Waals surface area contributed by atoms with Gasteiger partial charge in [-0.05, 0) is 66.8 Å². The molecule has 2 aliphatic rings. The maximum Gasteiger partial charge on any atom is 0.416 e. The molecule has 0 spiro atoms. The van der Waals surface area contributed by atoms with E-state index in [2.05, 4.69) is 12.1 Å². The van der Waals surface area contributed by atoms with Crippen molar-refractivity contribution < 1.29 is 27.2 Å². The predicted molar refractivity (Wildman–Crippen MR) is 116 cm³/mol. The van der Waals surface area contributed by atoms with Crippen LogP contribution in [0, 0.1) is 0 Å². The van der Waals surface area contributed by atoms with Gasteiger partial charge in [-0.1, -0.05) is 0 Å². The zero-order chi connectivity index (χ0) is 23.2. The number of furan rings is 1. The summed E-state index contributed by atoms with van der Waals surface area (Å²) in [5.74, 6) is -0.356. The molecule has 0 N–H and O–H groups in total. The van der Waals surface area contributed by atoms with Gasteiger partial charge < -0.3 is 14.2 Å². The van der Waals surface area contributed by atoms with Gasteiger partial charge in [0.1, 0.15) is 5.58 Å². The Bertz CT molecular complexity index is 1210. The molecule has 1 aromatic heterocycles. The largest absolute Gasteiger partial charge is 0.464 e. The van der Waals surface area contributed by atoms with E-state index in [0.717, 1.165) is 47.9 Å². The standard InChI is InChI=1S/C25H23F3N2O3/c26-25(27,28)20-6-4-16(5-7-20)24(32)30-10-8-29(9-11-30)23(31)14-19-15-33-22-13-18-3-1-2-17(18)12-21(19)22/h4-7,12-13,15H,1-3,8-11,14H2. The molecule has 33 heavy (non-hydrogen) atoms. The summed E-state index contributed by atoms with van der Waals surface area (Å²) in [6.45, 7) is 1.45. The SMILES string of the molecule is O=C(Cc1coc2cc3c(cc12)CCC3)N1CCN(C(=O)c2ccc(C(F)(F)F)cc2)CC1. The zero-order valence-corrected chi connectivity index (χ0v) is 18.0. The van der Waals surface area contributed by atoms with Crippen molar-refractivity contribution in [2.75, 3.05) is 26.2 Å². The lowest BCUT2D eigenvalue weighted by atomic mass is 10.0. The first-order valence-corrected chi connectivity index (χ1v) is 11.1. The Balaban J connectivity index is 1.20. The summed E-state index contributed by atoms with van der Waals surface area (Å²) in [6.07, 6.45) is 0.717. The molecule has 5 nitrogen and oxygen atoms in total. The fraction of sp³-hybridized carbons (Fsp3) is 0.360. The number of aryl methyl sites for hydroxylation is 2. The number of benzene rings is 2. The first kappa shape index (κ1) is 21.6. The van der Waals surface area contributed by atoms with Gasteiger partial charge in [0.2, 0.25) is 5.91 Å². The third-order valence-electron chi connectivity index (χ3n) is 6.59. The van der Waals surface area contributed by atoms with Crippen LogP contribution in [0.3, 0.4) is 0 Å². The second-order valence-electron chi connectivity index (χ2n) is 8.66. The second kappa shape index (κ2) is 8.24. The molecule has 0 saturated carbocycles. The number of hydrogen-bond donors (Lipinski definition) is 0. The highest BCUT2D eigenvalue weighted by molar-refractivity contribution is 5.94. The predicted octanol–water partition coefficient (Wildman–Crippen LogP) is 4.47. The Morgan fingerprint density at radius 3 is 2.21 bits per heavy atom. The third-order valence-corrected chi connectivity index (χ3v) is 6.59. The molecule has 0 atom stereocenters. The molecule has 1 saturated heterocycles. The summed E-state index contributed by atoms with van der Waals surface area (Å²) in [5.41, 5.74) is 3.75. The van der Waals surface area contributed by atoms with Crippen LogP contribution in [0.2, 0.25) is 0 Å². The molecule has 2 aromatic carbocycles. The molecule has 0 bridgehead atoms. The average Bonchev–Trinajstić information content (AvgIpc) is 3.43. The van der Waals surface area contributed by atoms with Crippen LogP contribution in [0.5, 0.6) is 0 Å². The molecule has 172 valence electrons. The molecule has 3 aromatic rings. The quantitative estimate of drug-likeness (QED) is 0.585. The third kappa shape index (κ3) is 4.21. The van der Waals surface area contributed by atoms with Gasteiger partial charge in [0.25, 0.3) is 5.91 Å². The number of piperazine rings is 1. The molecule has 5 rings (SSSR count). The van der Waals surface area contributed by atoms with Crippen molar-refractivity contribution in [3.05, 3.63) is 70.5 Å². The summed E-state index contributed by atoms with van der Waals surface area (Å²) in [4.78, 5) is 28.9. The molecule has 1 aliphatic carbocycles. The first-order valence-electron chi connectivity index (χ1n) is 11.1. The summed E-state index contributed by atoms with van der Waals surface area (Å²) in [5, 5.41) is 0.986. The van der Waals surface area contributed by atoms with Crippen LogP contribution in [-0.4, -0.2) is 47.8 Å².